The first-order valence-corrected chi connectivity index (χ1v) is 5.60. The molecule has 1 aromatic heterocycles. The van der Waals surface area contributed by atoms with Gasteiger partial charge in [-0.15, -0.1) is 0 Å². The molecule has 1 aromatic rings. The molecule has 0 radical (unpaired) electrons. The second-order valence-electron chi connectivity index (χ2n) is 3.76. The summed E-state index contributed by atoms with van der Waals surface area (Å²) in [6, 6.07) is 3.01. The Morgan fingerprint density at radius 1 is 1.47 bits per heavy atom. The van der Waals surface area contributed by atoms with E-state index < -0.39 is 5.97 Å². The van der Waals surface area contributed by atoms with Gasteiger partial charge in [-0.3, -0.25) is 4.79 Å². The smallest absolute Gasteiger partial charge is 0.285 e. The van der Waals surface area contributed by atoms with E-state index >= 15 is 0 Å². The van der Waals surface area contributed by atoms with Gasteiger partial charge in [0.05, 0.1) is 11.5 Å². The summed E-state index contributed by atoms with van der Waals surface area (Å²) in [5.41, 5.74) is 0.0638. The number of nitrogens with zero attached hydrogens (tertiary/aromatic N) is 1. The number of amides is 1. The van der Waals surface area contributed by atoms with E-state index in [4.69, 9.17) is 0 Å². The number of aromatic nitrogens is 1. The van der Waals surface area contributed by atoms with Gasteiger partial charge in [0.2, 0.25) is 6.54 Å². The van der Waals surface area contributed by atoms with E-state index in [2.05, 4.69) is 5.32 Å². The minimum atomic E-state index is -1.24. The van der Waals surface area contributed by atoms with Crippen LogP contribution in [0.1, 0.15) is 30.1 Å². The second kappa shape index (κ2) is 6.62. The van der Waals surface area contributed by atoms with Crippen LogP contribution in [-0.4, -0.2) is 18.4 Å². The van der Waals surface area contributed by atoms with Crippen molar-refractivity contribution >= 4 is 11.9 Å². The summed E-state index contributed by atoms with van der Waals surface area (Å²) in [5, 5.41) is 13.4. The van der Waals surface area contributed by atoms with Gasteiger partial charge in [-0.2, -0.15) is 4.57 Å². The molecule has 1 N–H and O–H groups in total. The molecule has 0 atom stereocenters. The van der Waals surface area contributed by atoms with Crippen molar-refractivity contribution in [2.24, 2.45) is 0 Å². The molecule has 0 aliphatic heterocycles. The number of hydrogen-bond donors (Lipinski definition) is 1. The normalized spacial score (nSPS) is 9.94. The van der Waals surface area contributed by atoms with E-state index in [1.807, 2.05) is 6.92 Å². The third-order valence-corrected chi connectivity index (χ3v) is 2.27. The van der Waals surface area contributed by atoms with Crippen LogP contribution in [0.4, 0.5) is 0 Å². The first-order valence-electron chi connectivity index (χ1n) is 5.60. The third kappa shape index (κ3) is 4.63. The molecule has 17 heavy (non-hydrogen) atoms. The summed E-state index contributed by atoms with van der Waals surface area (Å²) in [6.45, 7) is 2.81. The van der Waals surface area contributed by atoms with Gasteiger partial charge in [0.1, 0.15) is 0 Å². The van der Waals surface area contributed by atoms with Gasteiger partial charge >= 0.3 is 0 Å². The van der Waals surface area contributed by atoms with Crippen molar-refractivity contribution in [3.05, 3.63) is 30.1 Å². The van der Waals surface area contributed by atoms with Gasteiger partial charge in [0, 0.05) is 12.6 Å². The molecule has 0 saturated heterocycles. The topological polar surface area (TPSA) is 73.1 Å². The summed E-state index contributed by atoms with van der Waals surface area (Å²) >= 11 is 0. The average Bonchev–Trinajstić information content (AvgIpc) is 2.29. The second-order valence-corrected chi connectivity index (χ2v) is 3.76. The molecule has 0 aromatic carbocycles. The summed E-state index contributed by atoms with van der Waals surface area (Å²) in [7, 11) is 0. The number of hydrogen-bond acceptors (Lipinski definition) is 3. The van der Waals surface area contributed by atoms with Crippen molar-refractivity contribution in [2.45, 2.75) is 26.3 Å². The number of carboxylic acid groups (broad SMARTS) is 1. The molecule has 0 spiro atoms. The van der Waals surface area contributed by atoms with Crippen LogP contribution in [0.5, 0.6) is 0 Å². The SMILES string of the molecule is CCCCNC(=O)C[n+]1cccc(C(=O)[O-])c1. The first-order chi connectivity index (χ1) is 8.13. The lowest BCUT2D eigenvalue weighted by Crippen LogP contribution is -2.43. The molecular weight excluding hydrogens is 220 g/mol. The van der Waals surface area contributed by atoms with Crippen LogP contribution in [0, 0.1) is 0 Å². The van der Waals surface area contributed by atoms with Gasteiger partial charge in [-0.25, -0.2) is 0 Å². The number of aromatic carboxylic acids is 1. The van der Waals surface area contributed by atoms with Gasteiger partial charge in [0.25, 0.3) is 5.91 Å². The lowest BCUT2D eigenvalue weighted by Gasteiger charge is -2.03. The highest BCUT2D eigenvalue weighted by molar-refractivity contribution is 5.84. The van der Waals surface area contributed by atoms with E-state index in [1.165, 1.54) is 16.8 Å². The van der Waals surface area contributed by atoms with Crippen molar-refractivity contribution in [2.75, 3.05) is 6.54 Å². The largest absolute Gasteiger partial charge is 0.545 e. The first kappa shape index (κ1) is 13.2. The Bertz CT molecular complexity index is 404. The van der Waals surface area contributed by atoms with E-state index in [-0.39, 0.29) is 18.0 Å². The number of rotatable bonds is 6. The van der Waals surface area contributed by atoms with E-state index in [1.54, 1.807) is 12.3 Å². The molecule has 5 heteroatoms. The third-order valence-electron chi connectivity index (χ3n) is 2.27. The predicted octanol–water partition coefficient (Wildman–Crippen LogP) is -0.746. The highest BCUT2D eigenvalue weighted by Crippen LogP contribution is 1.91. The van der Waals surface area contributed by atoms with Crippen LogP contribution in [0.25, 0.3) is 0 Å². The minimum absolute atomic E-state index is 0.0638. The molecule has 92 valence electrons. The van der Waals surface area contributed by atoms with Crippen LogP contribution in [-0.2, 0) is 11.3 Å². The molecule has 0 unspecified atom stereocenters. The van der Waals surface area contributed by atoms with Crippen LogP contribution in [0.2, 0.25) is 0 Å². The van der Waals surface area contributed by atoms with Crippen LogP contribution in [0.3, 0.4) is 0 Å². The maximum Gasteiger partial charge on any atom is 0.285 e. The van der Waals surface area contributed by atoms with Crippen LogP contribution >= 0.6 is 0 Å². The fraction of sp³-hybridized carbons (Fsp3) is 0.417. The molecule has 5 nitrogen and oxygen atoms in total. The molecule has 0 aliphatic rings. The molecular formula is C12H16N2O3. The van der Waals surface area contributed by atoms with Gasteiger partial charge in [-0.1, -0.05) is 13.3 Å². The molecule has 1 rings (SSSR count). The van der Waals surface area contributed by atoms with Crippen LogP contribution in [0.15, 0.2) is 24.5 Å². The standard InChI is InChI=1S/C12H16N2O3/c1-2-3-6-13-11(15)9-14-7-4-5-10(8-14)12(16)17/h4-5,7-8H,2-3,6,9H2,1H3,(H-,13,15,16,17). The fourth-order valence-corrected chi connectivity index (χ4v) is 1.37. The fourth-order valence-electron chi connectivity index (χ4n) is 1.37. The number of pyridine rings is 1. The highest BCUT2D eigenvalue weighted by Gasteiger charge is 2.09. The number of carbonyl (C=O) groups excluding carboxylic acids is 2. The Morgan fingerprint density at radius 2 is 2.24 bits per heavy atom. The zero-order valence-electron chi connectivity index (χ0n) is 9.81. The zero-order chi connectivity index (χ0) is 12.7. The van der Waals surface area contributed by atoms with Gasteiger partial charge < -0.3 is 15.2 Å². The highest BCUT2D eigenvalue weighted by atomic mass is 16.4. The predicted molar refractivity (Wildman–Crippen MR) is 58.9 cm³/mol. The maximum atomic E-state index is 11.5. The molecule has 0 saturated carbocycles. The Morgan fingerprint density at radius 3 is 2.88 bits per heavy atom. The van der Waals surface area contributed by atoms with Crippen LogP contribution < -0.4 is 15.0 Å². The lowest BCUT2D eigenvalue weighted by molar-refractivity contribution is -0.684. The average molecular weight is 236 g/mol. The van der Waals surface area contributed by atoms with Crippen molar-refractivity contribution in [3.8, 4) is 0 Å². The van der Waals surface area contributed by atoms with Crippen molar-refractivity contribution in [3.63, 3.8) is 0 Å². The summed E-state index contributed by atoms with van der Waals surface area (Å²) in [6.07, 6.45) is 4.99. The Balaban J connectivity index is 2.53. The summed E-state index contributed by atoms with van der Waals surface area (Å²) < 4.78 is 1.52. The molecule has 1 heterocycles. The summed E-state index contributed by atoms with van der Waals surface area (Å²) in [4.78, 5) is 22.1. The van der Waals surface area contributed by atoms with E-state index in [0.717, 1.165) is 12.8 Å². The zero-order valence-corrected chi connectivity index (χ0v) is 9.81. The Kier molecular flexibility index (Phi) is 5.13. The summed E-state index contributed by atoms with van der Waals surface area (Å²) in [5.74, 6) is -1.37. The monoisotopic (exact) mass is 236 g/mol. The number of carboxylic acids is 1. The van der Waals surface area contributed by atoms with Gasteiger partial charge in [-0.05, 0) is 12.5 Å². The number of carbonyl (C=O) groups is 2. The maximum absolute atomic E-state index is 11.5. The van der Waals surface area contributed by atoms with E-state index in [0.29, 0.717) is 6.54 Å². The van der Waals surface area contributed by atoms with Crippen molar-refractivity contribution < 1.29 is 19.3 Å². The van der Waals surface area contributed by atoms with Gasteiger partial charge in [0.15, 0.2) is 12.4 Å². The number of nitrogens with one attached hydrogen (secondary N) is 1. The van der Waals surface area contributed by atoms with E-state index in [9.17, 15) is 14.7 Å². The minimum Gasteiger partial charge on any atom is -0.545 e. The lowest BCUT2D eigenvalue weighted by atomic mass is 10.3. The number of unbranched alkanes of at least 4 members (excludes halogenated alkanes) is 1. The van der Waals surface area contributed by atoms with Crippen molar-refractivity contribution in [1.82, 2.24) is 5.32 Å². The molecule has 0 aliphatic carbocycles. The molecule has 0 fully saturated rings. The quantitative estimate of drug-likeness (QED) is 0.522. The van der Waals surface area contributed by atoms with Crippen molar-refractivity contribution in [1.29, 1.82) is 0 Å². The Hall–Kier alpha value is -1.91. The molecule has 0 bridgehead atoms. The Labute approximate surface area is 100 Å². The molecule has 1 amide bonds.